The second-order valence-corrected chi connectivity index (χ2v) is 27.1. The Morgan fingerprint density at radius 1 is 0.637 bits per heavy atom. The maximum absolute atomic E-state index is 15.5. The fraction of sp³-hybridized carbons (Fsp3) is 0.727. The molecule has 10 amide bonds. The number of hydrogen-bond acceptors (Lipinski definition) is 15. The molecule has 2 aliphatic rings. The number of nitrogens with zero attached hydrogens (tertiary/aromatic N) is 6. The maximum atomic E-state index is 15.5. The normalized spacial score (nSPS) is 25.5. The molecule has 0 aromatic heterocycles. The predicted molar refractivity (Wildman–Crippen MR) is 342 cm³/mol. The predicted octanol–water partition coefficient (Wildman–Crippen LogP) is 3.72. The Kier molecular flexibility index (Phi) is 29.4. The number of methoxy groups -OCH3 is 1. The molecular formula is C66H108N10O15. The summed E-state index contributed by atoms with van der Waals surface area (Å²) in [6, 6.07) is -5.15. The van der Waals surface area contributed by atoms with Crippen molar-refractivity contribution in [3.8, 4) is 5.75 Å². The first kappa shape index (κ1) is 77.9. The van der Waals surface area contributed by atoms with Crippen molar-refractivity contribution < 1.29 is 71.7 Å². The molecule has 0 aliphatic carbocycles. The van der Waals surface area contributed by atoms with Crippen LogP contribution in [0.1, 0.15) is 155 Å². The van der Waals surface area contributed by atoms with Crippen LogP contribution in [0.3, 0.4) is 0 Å². The third-order valence-corrected chi connectivity index (χ3v) is 17.5. The fourth-order valence-electron chi connectivity index (χ4n) is 11.8. The minimum absolute atomic E-state index is 0.0934. The van der Waals surface area contributed by atoms with Gasteiger partial charge in [0.05, 0.1) is 20.1 Å². The number of amides is 10. The van der Waals surface area contributed by atoms with E-state index in [9.17, 15) is 43.2 Å². The van der Waals surface area contributed by atoms with Crippen molar-refractivity contribution in [2.45, 2.75) is 222 Å². The fourth-order valence-corrected chi connectivity index (χ4v) is 11.8. The Balaban J connectivity index is 2.35. The summed E-state index contributed by atoms with van der Waals surface area (Å²) in [6.07, 6.45) is -0.446. The summed E-state index contributed by atoms with van der Waals surface area (Å²) in [4.78, 5) is 183. The van der Waals surface area contributed by atoms with E-state index >= 15 is 14.4 Å². The molecule has 2 saturated heterocycles. The van der Waals surface area contributed by atoms with Crippen LogP contribution in [0.2, 0.25) is 0 Å². The molecule has 512 valence electrons. The van der Waals surface area contributed by atoms with Gasteiger partial charge in [-0.2, -0.15) is 0 Å². The summed E-state index contributed by atoms with van der Waals surface area (Å²) in [5, 5.41) is 11.0. The molecule has 0 spiro atoms. The first-order valence-corrected chi connectivity index (χ1v) is 32.1. The average Bonchev–Trinajstić information content (AvgIpc) is 1.15. The molecule has 2 heterocycles. The van der Waals surface area contributed by atoms with Gasteiger partial charge < -0.3 is 64.9 Å². The minimum atomic E-state index is -1.69. The van der Waals surface area contributed by atoms with Gasteiger partial charge >= 0.3 is 11.9 Å². The van der Waals surface area contributed by atoms with Crippen LogP contribution in [-0.4, -0.2) is 222 Å². The lowest BCUT2D eigenvalue weighted by Crippen LogP contribution is -2.63. The van der Waals surface area contributed by atoms with Crippen LogP contribution in [0, 0.1) is 35.5 Å². The molecule has 91 heavy (non-hydrogen) atoms. The third kappa shape index (κ3) is 20.6. The van der Waals surface area contributed by atoms with Crippen LogP contribution in [0.5, 0.6) is 5.75 Å². The van der Waals surface area contributed by atoms with Crippen molar-refractivity contribution >= 4 is 71.0 Å². The van der Waals surface area contributed by atoms with Crippen molar-refractivity contribution in [1.82, 2.24) is 50.7 Å². The molecule has 1 aromatic carbocycles. The second-order valence-electron chi connectivity index (χ2n) is 27.1. The number of piperidine rings is 1. The van der Waals surface area contributed by atoms with E-state index in [4.69, 9.17) is 14.2 Å². The Morgan fingerprint density at radius 2 is 1.16 bits per heavy atom. The minimum Gasteiger partial charge on any atom is -0.497 e. The summed E-state index contributed by atoms with van der Waals surface area (Å²) in [6.45, 7) is 26.4. The van der Waals surface area contributed by atoms with Crippen LogP contribution >= 0.6 is 0 Å². The lowest BCUT2D eigenvalue weighted by Gasteiger charge is -2.41. The largest absolute Gasteiger partial charge is 0.497 e. The lowest BCUT2D eigenvalue weighted by atomic mass is 9.92. The molecule has 0 bridgehead atoms. The summed E-state index contributed by atoms with van der Waals surface area (Å²) < 4.78 is 16.9. The van der Waals surface area contributed by atoms with Crippen LogP contribution in [0.25, 0.3) is 0 Å². The number of rotatable bonds is 15. The van der Waals surface area contributed by atoms with Gasteiger partial charge in [0.2, 0.25) is 53.2 Å². The highest BCUT2D eigenvalue weighted by molar-refractivity contribution is 6.00. The van der Waals surface area contributed by atoms with Crippen LogP contribution < -0.4 is 26.0 Å². The Hall–Kier alpha value is -7.34. The van der Waals surface area contributed by atoms with E-state index in [-0.39, 0.29) is 19.4 Å². The maximum Gasteiger partial charge on any atom is 0.329 e. The molecule has 1 aromatic rings. The molecule has 25 heteroatoms. The first-order chi connectivity index (χ1) is 42.3. The summed E-state index contributed by atoms with van der Waals surface area (Å²) in [7, 11) is 8.35. The Labute approximate surface area is 539 Å². The van der Waals surface area contributed by atoms with E-state index in [1.54, 1.807) is 121 Å². The van der Waals surface area contributed by atoms with Crippen molar-refractivity contribution in [2.75, 3.05) is 55.4 Å². The van der Waals surface area contributed by atoms with Gasteiger partial charge in [-0.1, -0.05) is 108 Å². The molecule has 2 fully saturated rings. The summed E-state index contributed by atoms with van der Waals surface area (Å²) in [5.74, 6) is -12.2. The summed E-state index contributed by atoms with van der Waals surface area (Å²) >= 11 is 0. The van der Waals surface area contributed by atoms with Gasteiger partial charge in [-0.3, -0.25) is 47.9 Å². The van der Waals surface area contributed by atoms with E-state index in [1.165, 1.54) is 64.0 Å². The van der Waals surface area contributed by atoms with Crippen molar-refractivity contribution in [2.24, 2.45) is 35.5 Å². The van der Waals surface area contributed by atoms with E-state index < -0.39 is 186 Å². The molecule has 2 aliphatic heterocycles. The SMILES string of the molecule is CC[C@H](C)[C@H]1C(=O)NCC(=O)N(C)[C@@H](C(C)C)C(=O)N[C@@H](Cc2ccc(OC)cc2)C(=O)O[C@@H](C)C(=O)N2CCCC[C@H]2C(=O)N(C)[C@@H](C(C)C)C(=O)N[C@@H](C(C)C)C(=O)N(C)[C@@H](CC(=O)N[C@H](C(=O)OC(C)(C)C)C(C)C)C(=O)N(C)[C@@H]([C@@H](C)CC)C(=O)N1C. The van der Waals surface area contributed by atoms with E-state index in [0.717, 1.165) is 14.7 Å². The van der Waals surface area contributed by atoms with Gasteiger partial charge in [-0.15, -0.1) is 0 Å². The number of cyclic esters (lactones) is 1. The molecule has 25 nitrogen and oxygen atoms in total. The number of esters is 2. The highest BCUT2D eigenvalue weighted by Crippen LogP contribution is 2.27. The lowest BCUT2D eigenvalue weighted by molar-refractivity contribution is -0.165. The van der Waals surface area contributed by atoms with E-state index in [1.807, 2.05) is 6.92 Å². The Bertz CT molecular complexity index is 2730. The highest BCUT2D eigenvalue weighted by Gasteiger charge is 2.46. The zero-order valence-corrected chi connectivity index (χ0v) is 58.2. The van der Waals surface area contributed by atoms with Crippen LogP contribution in [0.4, 0.5) is 0 Å². The van der Waals surface area contributed by atoms with Crippen LogP contribution in [0.15, 0.2) is 24.3 Å². The monoisotopic (exact) mass is 1280 g/mol. The number of carbonyl (C=O) groups is 12. The average molecular weight is 1280 g/mol. The highest BCUT2D eigenvalue weighted by atomic mass is 16.6. The topological polar surface area (TPSA) is 300 Å². The number of benzene rings is 1. The Morgan fingerprint density at radius 3 is 1.68 bits per heavy atom. The van der Waals surface area contributed by atoms with Gasteiger partial charge in [0.15, 0.2) is 6.10 Å². The van der Waals surface area contributed by atoms with Crippen molar-refractivity contribution in [3.63, 3.8) is 0 Å². The van der Waals surface area contributed by atoms with Gasteiger partial charge in [-0.05, 0) is 100 Å². The van der Waals surface area contributed by atoms with Crippen molar-refractivity contribution in [3.05, 3.63) is 29.8 Å². The van der Waals surface area contributed by atoms with Gasteiger partial charge in [0.25, 0.3) is 5.91 Å². The second kappa shape index (κ2) is 34.4. The third-order valence-electron chi connectivity index (χ3n) is 17.5. The number of fused-ring (bicyclic) bond motifs is 1. The first-order valence-electron chi connectivity index (χ1n) is 32.1. The van der Waals surface area contributed by atoms with Crippen molar-refractivity contribution in [1.29, 1.82) is 0 Å². The molecule has 3 rings (SSSR count). The molecule has 0 radical (unpaired) electrons. The van der Waals surface area contributed by atoms with Gasteiger partial charge in [-0.25, -0.2) is 9.59 Å². The number of nitrogens with one attached hydrogen (secondary N) is 4. The standard InChI is InChI=1S/C66H108N10O15/c1-23-40(11)54-56(79)67-35-49(78)72(18)52(38(7)8)57(80)68-45(33-43-28-30-44(89-22)31-29-43)64(87)90-42(13)59(82)76-32-26-25-27-46(76)60(83)73(19)53(39(9)10)58(81)70-50(36(3)4)62(85)71(17)47(61(84)75(21)55(41(12)24-2)63(86)74(54)20)34-48(77)69-51(37(5)6)65(88)91-66(14,15)16/h28-31,36-42,45-47,50-55H,23-27,32-35H2,1-22H3,(H,67,79)(H,68,80)(H,69,77)(H,70,81)/t40-,41-,42-,45-,46-,47-,50-,51-,52-,53-,54-,55-/m0/s1. The molecule has 4 N–H and O–H groups in total. The molecule has 12 atom stereocenters. The molecular weight excluding hydrogens is 1170 g/mol. The number of ether oxygens (including phenoxy) is 3. The van der Waals surface area contributed by atoms with E-state index in [2.05, 4.69) is 21.3 Å². The quantitative estimate of drug-likeness (QED) is 0.182. The number of hydrogen-bond donors (Lipinski definition) is 4. The number of likely N-dealkylation sites (N-methyl/N-ethyl adjacent to an activating group) is 5. The van der Waals surface area contributed by atoms with Crippen LogP contribution in [-0.2, 0) is 73.4 Å². The van der Waals surface area contributed by atoms with E-state index in [0.29, 0.717) is 37.0 Å². The van der Waals surface area contributed by atoms with Gasteiger partial charge in [0.1, 0.15) is 65.7 Å². The summed E-state index contributed by atoms with van der Waals surface area (Å²) in [5.41, 5.74) is -0.353. The van der Waals surface area contributed by atoms with Gasteiger partial charge in [0, 0.05) is 48.2 Å². The number of carbonyl (C=O) groups excluding carboxylic acids is 12. The smallest absolute Gasteiger partial charge is 0.329 e. The molecule has 0 unspecified atom stereocenters. The zero-order chi connectivity index (χ0) is 69.4. The zero-order valence-electron chi connectivity index (χ0n) is 58.2. The molecule has 0 saturated carbocycles.